The molecule has 2 aromatic rings. The van der Waals surface area contributed by atoms with E-state index in [-0.39, 0.29) is 22.8 Å². The van der Waals surface area contributed by atoms with Gasteiger partial charge in [-0.1, -0.05) is 60.2 Å². The predicted molar refractivity (Wildman–Crippen MR) is 142 cm³/mol. The number of carbonyl (C=O) groups is 3. The molecule has 0 amide bonds. The van der Waals surface area contributed by atoms with Crippen molar-refractivity contribution in [1.82, 2.24) is 0 Å². The molecule has 1 aliphatic rings. The molecule has 5 nitrogen and oxygen atoms in total. The molecular weight excluding hydrogens is 440 g/mol. The fourth-order valence-electron chi connectivity index (χ4n) is 2.62. The van der Waals surface area contributed by atoms with Gasteiger partial charge in [0, 0.05) is 12.0 Å². The topological polar surface area (TPSA) is 69.7 Å². The first-order chi connectivity index (χ1) is 16.2. The summed E-state index contributed by atoms with van der Waals surface area (Å²) in [6.07, 6.45) is 1.65. The maximum absolute atomic E-state index is 11.1. The van der Waals surface area contributed by atoms with Crippen molar-refractivity contribution < 1.29 is 23.9 Å². The lowest BCUT2D eigenvalue weighted by Crippen LogP contribution is -2.22. The van der Waals surface area contributed by atoms with E-state index in [0.29, 0.717) is 25.4 Å². The lowest BCUT2D eigenvalue weighted by molar-refractivity contribution is -0.153. The van der Waals surface area contributed by atoms with Crippen LogP contribution >= 0.6 is 0 Å². The quantitative estimate of drug-likeness (QED) is 0.429. The van der Waals surface area contributed by atoms with E-state index in [1.54, 1.807) is 0 Å². The number of rotatable bonds is 2. The second-order valence-electron chi connectivity index (χ2n) is 10.2. The van der Waals surface area contributed by atoms with Gasteiger partial charge in [0.2, 0.25) is 0 Å². The van der Waals surface area contributed by atoms with Crippen molar-refractivity contribution in [2.75, 3.05) is 13.2 Å². The van der Waals surface area contributed by atoms with E-state index >= 15 is 0 Å². The Morgan fingerprint density at radius 1 is 0.714 bits per heavy atom. The van der Waals surface area contributed by atoms with Crippen LogP contribution in [-0.2, 0) is 25.5 Å². The fraction of sp³-hybridized carbons (Fsp3) is 0.500. The number of aryl methyl sites for hydroxylation is 2. The molecule has 0 radical (unpaired) electrons. The van der Waals surface area contributed by atoms with Crippen LogP contribution in [0.2, 0.25) is 0 Å². The number of esters is 2. The number of ether oxygens (including phenoxy) is 2. The van der Waals surface area contributed by atoms with Gasteiger partial charge >= 0.3 is 11.9 Å². The SMILES string of the molecule is CCOC(=O)C(C)(C)C.CCOC(=O)C(C)(C)C.Cc1ccccc1.O=C1CCc2ccccc21. The standard InChI is InChI=1S/C9H8O.2C7H14O2.C7H8/c10-9-6-5-7-3-1-2-4-8(7)9;2*1-5-9-6(8)7(2,3)4;1-7-5-3-2-4-6-7/h1-4H,5-6H2;2*5H2,1-4H3;2-6H,1H3. The van der Waals surface area contributed by atoms with Crippen molar-refractivity contribution >= 4 is 17.7 Å². The van der Waals surface area contributed by atoms with Crippen molar-refractivity contribution in [3.63, 3.8) is 0 Å². The summed E-state index contributed by atoms with van der Waals surface area (Å²) in [4.78, 5) is 32.8. The van der Waals surface area contributed by atoms with E-state index in [1.807, 2.05) is 97.9 Å². The van der Waals surface area contributed by atoms with Gasteiger partial charge in [-0.05, 0) is 74.3 Å². The number of carbonyl (C=O) groups excluding carboxylic acids is 3. The second kappa shape index (κ2) is 15.9. The van der Waals surface area contributed by atoms with Crippen molar-refractivity contribution in [3.8, 4) is 0 Å². The monoisotopic (exact) mass is 484 g/mol. The van der Waals surface area contributed by atoms with Gasteiger partial charge in [-0.15, -0.1) is 0 Å². The van der Waals surface area contributed by atoms with Gasteiger partial charge in [0.05, 0.1) is 24.0 Å². The van der Waals surface area contributed by atoms with E-state index in [9.17, 15) is 14.4 Å². The van der Waals surface area contributed by atoms with Gasteiger partial charge in [-0.25, -0.2) is 0 Å². The van der Waals surface area contributed by atoms with Crippen LogP contribution < -0.4 is 0 Å². The molecule has 35 heavy (non-hydrogen) atoms. The largest absolute Gasteiger partial charge is 0.466 e. The third-order valence-corrected chi connectivity index (χ3v) is 4.66. The number of hydrogen-bond acceptors (Lipinski definition) is 5. The molecule has 0 heterocycles. The van der Waals surface area contributed by atoms with E-state index in [1.165, 1.54) is 11.1 Å². The average Bonchev–Trinajstić information content (AvgIpc) is 3.16. The number of benzene rings is 2. The van der Waals surface area contributed by atoms with E-state index < -0.39 is 0 Å². The first kappa shape index (κ1) is 32.1. The Bertz CT molecular complexity index is 874. The maximum atomic E-state index is 11.1. The van der Waals surface area contributed by atoms with Crippen molar-refractivity contribution in [2.45, 2.75) is 75.2 Å². The van der Waals surface area contributed by atoms with Crippen LogP contribution in [0.1, 0.15) is 83.3 Å². The van der Waals surface area contributed by atoms with Crippen LogP contribution in [0, 0.1) is 17.8 Å². The summed E-state index contributed by atoms with van der Waals surface area (Å²) in [5.74, 6) is 0.0330. The van der Waals surface area contributed by atoms with Gasteiger partial charge < -0.3 is 9.47 Å². The molecule has 2 aromatic carbocycles. The van der Waals surface area contributed by atoms with Crippen molar-refractivity contribution in [2.24, 2.45) is 10.8 Å². The van der Waals surface area contributed by atoms with Crippen molar-refractivity contribution in [3.05, 3.63) is 71.3 Å². The normalized spacial score (nSPS) is 11.9. The molecule has 1 aliphatic carbocycles. The zero-order valence-electron chi connectivity index (χ0n) is 23.1. The van der Waals surface area contributed by atoms with Crippen LogP contribution in [-0.4, -0.2) is 30.9 Å². The molecule has 3 rings (SSSR count). The summed E-state index contributed by atoms with van der Waals surface area (Å²) in [5, 5.41) is 0. The highest BCUT2D eigenvalue weighted by Gasteiger charge is 2.22. The third-order valence-electron chi connectivity index (χ3n) is 4.66. The van der Waals surface area contributed by atoms with Crippen LogP contribution in [0.15, 0.2) is 54.6 Å². The molecule has 0 atom stereocenters. The lowest BCUT2D eigenvalue weighted by atomic mass is 9.97. The Morgan fingerprint density at radius 3 is 1.46 bits per heavy atom. The minimum absolute atomic E-state index is 0.134. The highest BCUT2D eigenvalue weighted by molar-refractivity contribution is 6.00. The molecule has 0 aromatic heterocycles. The summed E-state index contributed by atoms with van der Waals surface area (Å²) < 4.78 is 9.53. The molecule has 0 bridgehead atoms. The van der Waals surface area contributed by atoms with E-state index in [4.69, 9.17) is 9.47 Å². The smallest absolute Gasteiger partial charge is 0.311 e. The van der Waals surface area contributed by atoms with Gasteiger partial charge in [-0.3, -0.25) is 14.4 Å². The average molecular weight is 485 g/mol. The first-order valence-electron chi connectivity index (χ1n) is 12.2. The molecule has 0 spiro atoms. The highest BCUT2D eigenvalue weighted by Crippen LogP contribution is 2.20. The first-order valence-corrected chi connectivity index (χ1v) is 12.2. The van der Waals surface area contributed by atoms with Gasteiger partial charge in [0.1, 0.15) is 0 Å². The molecule has 0 aliphatic heterocycles. The Hall–Kier alpha value is -2.95. The van der Waals surface area contributed by atoms with Crippen LogP contribution in [0.5, 0.6) is 0 Å². The van der Waals surface area contributed by atoms with Crippen molar-refractivity contribution in [1.29, 1.82) is 0 Å². The summed E-state index contributed by atoms with van der Waals surface area (Å²) in [6.45, 7) is 17.7. The zero-order chi connectivity index (χ0) is 27.1. The predicted octanol–water partition coefficient (Wildman–Crippen LogP) is 7.00. The molecule has 0 unspecified atom stereocenters. The minimum atomic E-state index is -0.351. The number of ketones is 1. The molecule has 0 fully saturated rings. The van der Waals surface area contributed by atoms with Crippen LogP contribution in [0.3, 0.4) is 0 Å². The third kappa shape index (κ3) is 14.1. The Kier molecular flexibility index (Phi) is 14.5. The molecule has 0 saturated heterocycles. The summed E-state index contributed by atoms with van der Waals surface area (Å²) in [5.41, 5.74) is 2.77. The molecule has 194 valence electrons. The lowest BCUT2D eigenvalue weighted by Gasteiger charge is -2.14. The summed E-state index contributed by atoms with van der Waals surface area (Å²) in [7, 11) is 0. The summed E-state index contributed by atoms with van der Waals surface area (Å²) >= 11 is 0. The number of hydrogen-bond donors (Lipinski definition) is 0. The number of fused-ring (bicyclic) bond motifs is 1. The Labute approximate surface area is 212 Å². The number of Topliss-reactive ketones (excluding diaryl/α,β-unsaturated/α-hetero) is 1. The second-order valence-corrected chi connectivity index (χ2v) is 10.2. The fourth-order valence-corrected chi connectivity index (χ4v) is 2.62. The van der Waals surface area contributed by atoms with Gasteiger partial charge in [-0.2, -0.15) is 0 Å². The molecule has 0 N–H and O–H groups in total. The van der Waals surface area contributed by atoms with E-state index in [2.05, 4.69) is 19.1 Å². The maximum Gasteiger partial charge on any atom is 0.311 e. The summed E-state index contributed by atoms with van der Waals surface area (Å²) in [6, 6.07) is 18.1. The zero-order valence-corrected chi connectivity index (χ0v) is 23.1. The molecular formula is C30H44O5. The van der Waals surface area contributed by atoms with Crippen LogP contribution in [0.25, 0.3) is 0 Å². The highest BCUT2D eigenvalue weighted by atomic mass is 16.5. The molecule has 5 heteroatoms. The van der Waals surface area contributed by atoms with Crippen LogP contribution in [0.4, 0.5) is 0 Å². The van der Waals surface area contributed by atoms with E-state index in [0.717, 1.165) is 12.0 Å². The Morgan fingerprint density at radius 2 is 1.14 bits per heavy atom. The van der Waals surface area contributed by atoms with Gasteiger partial charge in [0.25, 0.3) is 0 Å². The molecule has 0 saturated carbocycles. The van der Waals surface area contributed by atoms with Gasteiger partial charge in [0.15, 0.2) is 5.78 Å². The minimum Gasteiger partial charge on any atom is -0.466 e. The Balaban J connectivity index is 0.000000444.